The molecule has 1 unspecified atom stereocenters. The van der Waals surface area contributed by atoms with Crippen LogP contribution < -0.4 is 10.2 Å². The van der Waals surface area contributed by atoms with Gasteiger partial charge in [-0.25, -0.2) is 4.98 Å². The van der Waals surface area contributed by atoms with Gasteiger partial charge in [-0.05, 0) is 31.0 Å². The minimum atomic E-state index is 0.464. The van der Waals surface area contributed by atoms with E-state index in [1.165, 1.54) is 5.56 Å². The van der Waals surface area contributed by atoms with Crippen LogP contribution in [0.4, 0.5) is 5.82 Å². The number of anilines is 1. The Balaban J connectivity index is 2.81. The largest absolute Gasteiger partial charge is 0.383 e. The highest BCUT2D eigenvalue weighted by molar-refractivity contribution is 5.42. The SMILES string of the molecule is CCC(C)N(CCOC)c1cc(CNC(C)C)ccn1. The van der Waals surface area contributed by atoms with Gasteiger partial charge in [-0.3, -0.25) is 0 Å². The van der Waals surface area contributed by atoms with Crippen LogP contribution in [0.2, 0.25) is 0 Å². The third kappa shape index (κ3) is 5.47. The second kappa shape index (κ2) is 8.93. The first-order chi connectivity index (χ1) is 9.58. The van der Waals surface area contributed by atoms with E-state index in [1.54, 1.807) is 7.11 Å². The van der Waals surface area contributed by atoms with Crippen LogP contribution in [0.1, 0.15) is 39.7 Å². The normalized spacial score (nSPS) is 12.7. The molecule has 1 atom stereocenters. The summed E-state index contributed by atoms with van der Waals surface area (Å²) in [4.78, 5) is 6.85. The summed E-state index contributed by atoms with van der Waals surface area (Å²) in [6.07, 6.45) is 2.99. The zero-order valence-corrected chi connectivity index (χ0v) is 13.5. The summed E-state index contributed by atoms with van der Waals surface area (Å²) in [6.45, 7) is 11.2. The Hall–Kier alpha value is -1.13. The van der Waals surface area contributed by atoms with E-state index in [9.17, 15) is 0 Å². The van der Waals surface area contributed by atoms with Gasteiger partial charge in [0.15, 0.2) is 0 Å². The Morgan fingerprint density at radius 3 is 2.70 bits per heavy atom. The summed E-state index contributed by atoms with van der Waals surface area (Å²) in [5.74, 6) is 1.04. The average molecular weight is 279 g/mol. The molecule has 0 aromatic carbocycles. The maximum atomic E-state index is 5.22. The number of methoxy groups -OCH3 is 1. The fourth-order valence-electron chi connectivity index (χ4n) is 2.02. The molecule has 0 radical (unpaired) electrons. The molecule has 114 valence electrons. The first-order valence-electron chi connectivity index (χ1n) is 7.52. The Morgan fingerprint density at radius 1 is 1.35 bits per heavy atom. The van der Waals surface area contributed by atoms with Crippen molar-refractivity contribution >= 4 is 5.82 Å². The summed E-state index contributed by atoms with van der Waals surface area (Å²) in [5, 5.41) is 3.44. The van der Waals surface area contributed by atoms with E-state index in [0.29, 0.717) is 12.1 Å². The highest BCUT2D eigenvalue weighted by Crippen LogP contribution is 2.17. The summed E-state index contributed by atoms with van der Waals surface area (Å²) >= 11 is 0. The van der Waals surface area contributed by atoms with Gasteiger partial charge in [0.05, 0.1) is 6.61 Å². The minimum absolute atomic E-state index is 0.464. The predicted molar refractivity (Wildman–Crippen MR) is 85.2 cm³/mol. The second-order valence-corrected chi connectivity index (χ2v) is 5.50. The van der Waals surface area contributed by atoms with E-state index in [4.69, 9.17) is 4.74 Å². The van der Waals surface area contributed by atoms with E-state index in [0.717, 1.165) is 31.9 Å². The van der Waals surface area contributed by atoms with Crippen LogP contribution in [-0.2, 0) is 11.3 Å². The molecule has 0 saturated carbocycles. The van der Waals surface area contributed by atoms with Crippen LogP contribution in [0, 0.1) is 0 Å². The molecule has 1 aromatic rings. The number of nitrogens with one attached hydrogen (secondary N) is 1. The zero-order valence-electron chi connectivity index (χ0n) is 13.5. The molecule has 1 aromatic heterocycles. The van der Waals surface area contributed by atoms with Gasteiger partial charge in [0.1, 0.15) is 5.82 Å². The van der Waals surface area contributed by atoms with Gasteiger partial charge in [0.25, 0.3) is 0 Å². The number of rotatable bonds is 9. The van der Waals surface area contributed by atoms with Crippen molar-refractivity contribution in [3.63, 3.8) is 0 Å². The highest BCUT2D eigenvalue weighted by atomic mass is 16.5. The van der Waals surface area contributed by atoms with Crippen LogP contribution in [0.5, 0.6) is 0 Å². The summed E-state index contributed by atoms with van der Waals surface area (Å²) in [7, 11) is 1.74. The molecule has 4 nitrogen and oxygen atoms in total. The molecule has 0 aliphatic rings. The third-order valence-corrected chi connectivity index (χ3v) is 3.48. The van der Waals surface area contributed by atoms with E-state index in [2.05, 4.69) is 55.0 Å². The van der Waals surface area contributed by atoms with Crippen molar-refractivity contribution in [2.45, 2.75) is 52.7 Å². The van der Waals surface area contributed by atoms with Crippen molar-refractivity contribution in [1.29, 1.82) is 0 Å². The van der Waals surface area contributed by atoms with E-state index in [1.807, 2.05) is 6.20 Å². The summed E-state index contributed by atoms with van der Waals surface area (Å²) in [5.41, 5.74) is 1.27. The maximum absolute atomic E-state index is 5.22. The lowest BCUT2D eigenvalue weighted by Gasteiger charge is -2.29. The fraction of sp³-hybridized carbons (Fsp3) is 0.688. The summed E-state index contributed by atoms with van der Waals surface area (Å²) in [6, 6.07) is 5.21. The molecular formula is C16H29N3O. The summed E-state index contributed by atoms with van der Waals surface area (Å²) < 4.78 is 5.22. The molecule has 0 spiro atoms. The van der Waals surface area contributed by atoms with Gasteiger partial charge in [-0.1, -0.05) is 20.8 Å². The molecule has 1 heterocycles. The van der Waals surface area contributed by atoms with Crippen molar-refractivity contribution in [2.75, 3.05) is 25.2 Å². The van der Waals surface area contributed by atoms with Crippen molar-refractivity contribution in [2.24, 2.45) is 0 Å². The van der Waals surface area contributed by atoms with Gasteiger partial charge in [-0.15, -0.1) is 0 Å². The zero-order chi connectivity index (χ0) is 15.0. The lowest BCUT2D eigenvalue weighted by Crippen LogP contribution is -2.36. The molecule has 0 amide bonds. The van der Waals surface area contributed by atoms with Crippen LogP contribution in [0.15, 0.2) is 18.3 Å². The van der Waals surface area contributed by atoms with Crippen LogP contribution in [-0.4, -0.2) is 37.3 Å². The number of ether oxygens (including phenoxy) is 1. The van der Waals surface area contributed by atoms with Crippen molar-refractivity contribution < 1.29 is 4.74 Å². The monoisotopic (exact) mass is 279 g/mol. The predicted octanol–water partition coefficient (Wildman–Crippen LogP) is 2.83. The van der Waals surface area contributed by atoms with Crippen LogP contribution >= 0.6 is 0 Å². The van der Waals surface area contributed by atoms with Gasteiger partial charge in [0.2, 0.25) is 0 Å². The molecule has 0 fully saturated rings. The molecule has 4 heteroatoms. The first kappa shape index (κ1) is 16.9. The quantitative estimate of drug-likeness (QED) is 0.754. The van der Waals surface area contributed by atoms with E-state index in [-0.39, 0.29) is 0 Å². The number of hydrogen-bond donors (Lipinski definition) is 1. The standard InChI is InChI=1S/C16H29N3O/c1-6-14(4)19(9-10-20-5)16-11-15(7-8-17-16)12-18-13(2)3/h7-8,11,13-14,18H,6,9-10,12H2,1-5H3. The number of nitrogens with zero attached hydrogens (tertiary/aromatic N) is 2. The maximum Gasteiger partial charge on any atom is 0.129 e. The Bertz CT molecular complexity index is 382. The molecule has 20 heavy (non-hydrogen) atoms. The van der Waals surface area contributed by atoms with E-state index < -0.39 is 0 Å². The lowest BCUT2D eigenvalue weighted by atomic mass is 10.2. The Labute approximate surface area is 123 Å². The Kier molecular flexibility index (Phi) is 7.55. The number of aromatic nitrogens is 1. The van der Waals surface area contributed by atoms with Crippen LogP contribution in [0.3, 0.4) is 0 Å². The number of pyridine rings is 1. The smallest absolute Gasteiger partial charge is 0.129 e. The van der Waals surface area contributed by atoms with Gasteiger partial charge < -0.3 is 15.0 Å². The Morgan fingerprint density at radius 2 is 2.10 bits per heavy atom. The van der Waals surface area contributed by atoms with E-state index >= 15 is 0 Å². The molecule has 0 bridgehead atoms. The first-order valence-corrected chi connectivity index (χ1v) is 7.52. The third-order valence-electron chi connectivity index (χ3n) is 3.48. The molecule has 0 aliphatic heterocycles. The van der Waals surface area contributed by atoms with Gasteiger partial charge in [-0.2, -0.15) is 0 Å². The van der Waals surface area contributed by atoms with Crippen LogP contribution in [0.25, 0.3) is 0 Å². The van der Waals surface area contributed by atoms with Crippen molar-refractivity contribution in [3.05, 3.63) is 23.9 Å². The molecule has 0 saturated heterocycles. The molecule has 1 rings (SSSR count). The second-order valence-electron chi connectivity index (χ2n) is 5.50. The topological polar surface area (TPSA) is 37.4 Å². The van der Waals surface area contributed by atoms with Crippen molar-refractivity contribution in [3.8, 4) is 0 Å². The minimum Gasteiger partial charge on any atom is -0.383 e. The average Bonchev–Trinajstić information content (AvgIpc) is 2.45. The number of hydrogen-bond acceptors (Lipinski definition) is 4. The lowest BCUT2D eigenvalue weighted by molar-refractivity contribution is 0.203. The molecule has 1 N–H and O–H groups in total. The van der Waals surface area contributed by atoms with Gasteiger partial charge >= 0.3 is 0 Å². The highest BCUT2D eigenvalue weighted by Gasteiger charge is 2.14. The molecule has 0 aliphatic carbocycles. The fourth-order valence-corrected chi connectivity index (χ4v) is 2.02. The van der Waals surface area contributed by atoms with Crippen molar-refractivity contribution in [1.82, 2.24) is 10.3 Å². The van der Waals surface area contributed by atoms with Gasteiger partial charge in [0, 0.05) is 38.5 Å². The molecular weight excluding hydrogens is 250 g/mol.